The third-order valence-corrected chi connectivity index (χ3v) is 13.7. The van der Waals surface area contributed by atoms with E-state index in [1.54, 1.807) is 5.57 Å². The average Bonchev–Trinajstić information content (AvgIpc) is 2.86. The molecule has 0 amide bonds. The van der Waals surface area contributed by atoms with E-state index in [0.717, 1.165) is 44.3 Å². The van der Waals surface area contributed by atoms with E-state index < -0.39 is 11.4 Å². The first kappa shape index (κ1) is 27.4. The molecule has 0 bridgehead atoms. The third-order valence-electron chi connectivity index (χ3n) is 13.7. The van der Waals surface area contributed by atoms with Crippen molar-refractivity contribution in [2.24, 2.45) is 50.2 Å². The summed E-state index contributed by atoms with van der Waals surface area (Å²) in [5.41, 5.74) is 1.83. The number of hydrogen-bond donors (Lipinski definition) is 1. The number of benzene rings is 1. The van der Waals surface area contributed by atoms with Crippen LogP contribution in [0.15, 0.2) is 42.0 Å². The lowest BCUT2D eigenvalue weighted by molar-refractivity contribution is -0.187. The van der Waals surface area contributed by atoms with Crippen LogP contribution in [0.5, 0.6) is 5.75 Å². The average molecular weight is 533 g/mol. The molecule has 0 spiro atoms. The quantitative estimate of drug-likeness (QED) is 0.395. The van der Waals surface area contributed by atoms with Gasteiger partial charge in [0, 0.05) is 5.41 Å². The Bertz CT molecular complexity index is 1160. The standard InChI is InChI=1S/C36H52O3/c1-31(2)21-22-36(30(37)38)20-15-27-34(6)17-13-25-32(3,4)29(39-24-11-9-8-10-12-24)16-19-33(25,5)26(34)14-18-35(27,7)28(36)23-31/h8-12,15,25-26,28-29H,13-14,16-23H2,1-7H3,(H,37,38). The number of rotatable bonds is 3. The van der Waals surface area contributed by atoms with Crippen molar-refractivity contribution >= 4 is 5.97 Å². The zero-order valence-corrected chi connectivity index (χ0v) is 25.6. The number of fused-ring (bicyclic) bond motifs is 7. The number of hydrogen-bond acceptors (Lipinski definition) is 2. The van der Waals surface area contributed by atoms with Gasteiger partial charge in [0.1, 0.15) is 11.9 Å². The third kappa shape index (κ3) is 3.76. The molecule has 39 heavy (non-hydrogen) atoms. The van der Waals surface area contributed by atoms with Crippen molar-refractivity contribution in [3.63, 3.8) is 0 Å². The van der Waals surface area contributed by atoms with Gasteiger partial charge in [-0.3, -0.25) is 4.79 Å². The first-order chi connectivity index (χ1) is 18.2. The van der Waals surface area contributed by atoms with Crippen molar-refractivity contribution in [2.45, 2.75) is 119 Å². The minimum Gasteiger partial charge on any atom is -0.490 e. The van der Waals surface area contributed by atoms with Crippen LogP contribution < -0.4 is 4.74 Å². The summed E-state index contributed by atoms with van der Waals surface area (Å²) in [6.07, 6.45) is 13.5. The van der Waals surface area contributed by atoms with E-state index in [4.69, 9.17) is 4.74 Å². The van der Waals surface area contributed by atoms with Crippen LogP contribution in [0.4, 0.5) is 0 Å². The smallest absolute Gasteiger partial charge is 0.310 e. The number of ether oxygens (including phenoxy) is 1. The lowest BCUT2D eigenvalue weighted by Crippen LogP contribution is -2.64. The second kappa shape index (κ2) is 8.62. The second-order valence-electron chi connectivity index (χ2n) is 16.5. The summed E-state index contributed by atoms with van der Waals surface area (Å²) in [7, 11) is 0. The van der Waals surface area contributed by atoms with E-state index in [0.29, 0.717) is 11.8 Å². The molecular weight excluding hydrogens is 480 g/mol. The maximum atomic E-state index is 12.9. The summed E-state index contributed by atoms with van der Waals surface area (Å²) in [5.74, 6) is 1.97. The van der Waals surface area contributed by atoms with E-state index in [1.165, 1.54) is 25.7 Å². The van der Waals surface area contributed by atoms with E-state index in [1.807, 2.05) is 0 Å². The number of para-hydroxylation sites is 1. The minimum atomic E-state index is -0.576. The van der Waals surface area contributed by atoms with Crippen LogP contribution in [0.1, 0.15) is 113 Å². The summed E-state index contributed by atoms with van der Waals surface area (Å²) in [6, 6.07) is 10.4. The highest BCUT2D eigenvalue weighted by Gasteiger charge is 2.68. The van der Waals surface area contributed by atoms with Gasteiger partial charge < -0.3 is 9.84 Å². The molecule has 3 heteroatoms. The molecule has 214 valence electrons. The van der Waals surface area contributed by atoms with Gasteiger partial charge in [-0.2, -0.15) is 0 Å². The molecule has 0 aliphatic heterocycles. The Morgan fingerprint density at radius 1 is 0.795 bits per heavy atom. The summed E-state index contributed by atoms with van der Waals surface area (Å²) >= 11 is 0. The van der Waals surface area contributed by atoms with Crippen LogP contribution in [0, 0.1) is 50.2 Å². The zero-order chi connectivity index (χ0) is 28.1. The predicted molar refractivity (Wildman–Crippen MR) is 158 cm³/mol. The number of carboxylic acid groups (broad SMARTS) is 1. The molecule has 3 nitrogen and oxygen atoms in total. The Hall–Kier alpha value is -1.77. The van der Waals surface area contributed by atoms with Crippen molar-refractivity contribution in [3.05, 3.63) is 42.0 Å². The fraction of sp³-hybridized carbons (Fsp3) is 0.750. The van der Waals surface area contributed by atoms with Crippen molar-refractivity contribution in [2.75, 3.05) is 0 Å². The lowest BCUT2D eigenvalue weighted by Gasteiger charge is -2.70. The molecule has 8 atom stereocenters. The Balaban J connectivity index is 1.34. The van der Waals surface area contributed by atoms with Gasteiger partial charge in [0.2, 0.25) is 0 Å². The second-order valence-corrected chi connectivity index (χ2v) is 16.5. The Kier molecular flexibility index (Phi) is 6.06. The van der Waals surface area contributed by atoms with Crippen LogP contribution >= 0.6 is 0 Å². The van der Waals surface area contributed by atoms with E-state index in [2.05, 4.69) is 84.9 Å². The molecule has 0 heterocycles. The van der Waals surface area contributed by atoms with Crippen LogP contribution in [0.25, 0.3) is 0 Å². The maximum absolute atomic E-state index is 12.9. The van der Waals surface area contributed by atoms with Crippen LogP contribution in [-0.2, 0) is 4.79 Å². The molecule has 0 saturated heterocycles. The molecule has 0 radical (unpaired) electrons. The number of allylic oxidation sites excluding steroid dienone is 2. The van der Waals surface area contributed by atoms with Gasteiger partial charge in [-0.15, -0.1) is 0 Å². The van der Waals surface area contributed by atoms with Gasteiger partial charge in [0.15, 0.2) is 0 Å². The molecule has 5 aliphatic carbocycles. The first-order valence-corrected chi connectivity index (χ1v) is 15.9. The molecule has 6 rings (SSSR count). The van der Waals surface area contributed by atoms with Crippen molar-refractivity contribution in [3.8, 4) is 5.75 Å². The number of aliphatic carboxylic acids is 1. The highest BCUT2D eigenvalue weighted by atomic mass is 16.5. The van der Waals surface area contributed by atoms with Crippen molar-refractivity contribution < 1.29 is 14.6 Å². The summed E-state index contributed by atoms with van der Waals surface area (Å²) < 4.78 is 6.67. The largest absolute Gasteiger partial charge is 0.490 e. The summed E-state index contributed by atoms with van der Waals surface area (Å²) in [4.78, 5) is 12.9. The molecule has 5 aliphatic rings. The van der Waals surface area contributed by atoms with Gasteiger partial charge in [0.25, 0.3) is 0 Å². The van der Waals surface area contributed by atoms with Crippen LogP contribution in [0.2, 0.25) is 0 Å². The SMILES string of the molecule is CC1(C)CCC2(C(=O)O)CC=C3C(C)(CCC4C3(C)CCC3C(C)(C)C(Oc5ccccc5)CCC43C)C2C1. The monoisotopic (exact) mass is 532 g/mol. The first-order valence-electron chi connectivity index (χ1n) is 15.9. The Labute approximate surface area is 237 Å². The summed E-state index contributed by atoms with van der Waals surface area (Å²) in [5, 5.41) is 10.6. The van der Waals surface area contributed by atoms with Gasteiger partial charge in [-0.1, -0.05) is 78.3 Å². The highest BCUT2D eigenvalue weighted by Crippen LogP contribution is 2.75. The summed E-state index contributed by atoms with van der Waals surface area (Å²) in [6.45, 7) is 17.4. The normalized spacial score (nSPS) is 46.0. The topological polar surface area (TPSA) is 46.5 Å². The predicted octanol–water partition coefficient (Wildman–Crippen LogP) is 9.32. The Morgan fingerprint density at radius 2 is 1.44 bits per heavy atom. The van der Waals surface area contributed by atoms with E-state index in [9.17, 15) is 9.90 Å². The minimum absolute atomic E-state index is 0.00802. The lowest BCUT2D eigenvalue weighted by atomic mass is 9.34. The van der Waals surface area contributed by atoms with Crippen LogP contribution in [0.3, 0.4) is 0 Å². The Morgan fingerprint density at radius 3 is 2.10 bits per heavy atom. The van der Waals surface area contributed by atoms with Gasteiger partial charge in [-0.05, 0) is 116 Å². The number of carbonyl (C=O) groups is 1. The molecule has 0 aromatic heterocycles. The molecule has 8 unspecified atom stereocenters. The van der Waals surface area contributed by atoms with Crippen molar-refractivity contribution in [1.29, 1.82) is 0 Å². The molecule has 4 fully saturated rings. The fourth-order valence-electron chi connectivity index (χ4n) is 11.7. The molecular formula is C36H52O3. The molecule has 1 N–H and O–H groups in total. The van der Waals surface area contributed by atoms with Gasteiger partial charge in [-0.25, -0.2) is 0 Å². The molecule has 1 aromatic rings. The maximum Gasteiger partial charge on any atom is 0.310 e. The van der Waals surface area contributed by atoms with Crippen LogP contribution in [-0.4, -0.2) is 17.2 Å². The highest BCUT2D eigenvalue weighted by molar-refractivity contribution is 5.76. The van der Waals surface area contributed by atoms with Gasteiger partial charge in [0.05, 0.1) is 5.41 Å². The molecule has 4 saturated carbocycles. The fourth-order valence-corrected chi connectivity index (χ4v) is 11.7. The van der Waals surface area contributed by atoms with Crippen molar-refractivity contribution in [1.82, 2.24) is 0 Å². The zero-order valence-electron chi connectivity index (χ0n) is 25.6. The van der Waals surface area contributed by atoms with Gasteiger partial charge >= 0.3 is 5.97 Å². The van der Waals surface area contributed by atoms with E-state index in [-0.39, 0.29) is 39.1 Å². The number of carboxylic acids is 1. The molecule has 1 aromatic carbocycles. The van der Waals surface area contributed by atoms with E-state index >= 15 is 0 Å².